The van der Waals surface area contributed by atoms with Crippen LogP contribution in [0.4, 0.5) is 0 Å². The third-order valence-electron chi connectivity index (χ3n) is 15.7. The molecule has 0 aromatic rings. The molecule has 0 aliphatic heterocycles. The first-order valence-corrected chi connectivity index (χ1v) is 18.0. The minimum Gasteiger partial charge on any atom is -0.466 e. The van der Waals surface area contributed by atoms with Crippen LogP contribution in [0.25, 0.3) is 0 Å². The largest absolute Gasteiger partial charge is 0.466 e. The molecule has 0 amide bonds. The van der Waals surface area contributed by atoms with Crippen LogP contribution in [-0.2, 0) is 9.53 Å². The molecule has 3 heteroatoms. The van der Waals surface area contributed by atoms with Crippen molar-refractivity contribution in [3.63, 3.8) is 0 Å². The molecule has 6 rings (SSSR count). The van der Waals surface area contributed by atoms with Crippen LogP contribution in [0.3, 0.4) is 0 Å². The van der Waals surface area contributed by atoms with Crippen molar-refractivity contribution < 1.29 is 9.53 Å². The summed E-state index contributed by atoms with van der Waals surface area (Å²) in [6.45, 7) is 22.6. The van der Waals surface area contributed by atoms with Crippen molar-refractivity contribution in [3.8, 4) is 0 Å². The summed E-state index contributed by atoms with van der Waals surface area (Å²) in [6.07, 6.45) is 19.0. The molecule has 6 aliphatic carbocycles. The molecule has 12 atom stereocenters. The molecule has 0 spiro atoms. The number of allylic oxidation sites excluding steroid dienone is 3. The van der Waals surface area contributed by atoms with Gasteiger partial charge in [-0.2, -0.15) is 0 Å². The van der Waals surface area contributed by atoms with Gasteiger partial charge in [0.2, 0.25) is 0 Å². The fraction of sp³-hybridized carbons (Fsp3) is 0.872. The van der Waals surface area contributed by atoms with E-state index in [4.69, 9.17) is 10.5 Å². The summed E-state index contributed by atoms with van der Waals surface area (Å²) in [6, 6.07) is 0.375. The number of nitrogens with two attached hydrogens (primary N) is 1. The molecule has 0 aromatic heterocycles. The predicted octanol–water partition coefficient (Wildman–Crippen LogP) is 9.51. The zero-order chi connectivity index (χ0) is 30.2. The second-order valence-electron chi connectivity index (χ2n) is 17.6. The number of hydrogen-bond donors (Lipinski definition) is 1. The standard InChI is InChI=1S/C39H63NO2/c1-9-42-35(41)26-12-10-11-25(21-26)22-27-15-18-37(6)32(36(27,4)5)17-20-39(8)33(37)14-13-30-34-28(16-19-38(30,39)7)31(40)23-29(34)24(2)3/h15,25-26,28-34H,2,9-14,16-23,40H2,1,3-8H3/t25?,26?,28-,29+,30-,31+,32+,33-,34-,37+,38-,39-/m1/s1. The lowest BCUT2D eigenvalue weighted by Gasteiger charge is -2.71. The Hall–Kier alpha value is -1.09. The molecular formula is C39H63NO2. The molecule has 2 unspecified atom stereocenters. The molecule has 6 aliphatic rings. The smallest absolute Gasteiger partial charge is 0.308 e. The molecule has 5 saturated carbocycles. The zero-order valence-electron chi connectivity index (χ0n) is 28.3. The Balaban J connectivity index is 1.25. The van der Waals surface area contributed by atoms with Gasteiger partial charge < -0.3 is 10.5 Å². The van der Waals surface area contributed by atoms with Crippen molar-refractivity contribution in [3.05, 3.63) is 23.8 Å². The summed E-state index contributed by atoms with van der Waals surface area (Å²) in [4.78, 5) is 12.6. The van der Waals surface area contributed by atoms with Gasteiger partial charge in [-0.1, -0.05) is 71.3 Å². The normalized spacial score (nSPS) is 49.5. The highest BCUT2D eigenvalue weighted by atomic mass is 16.5. The zero-order valence-corrected chi connectivity index (χ0v) is 28.3. The Kier molecular flexibility index (Phi) is 7.93. The van der Waals surface area contributed by atoms with E-state index in [2.05, 4.69) is 54.2 Å². The molecule has 0 saturated heterocycles. The average Bonchev–Trinajstić information content (AvgIpc) is 3.27. The highest BCUT2D eigenvalue weighted by molar-refractivity contribution is 5.72. The van der Waals surface area contributed by atoms with E-state index < -0.39 is 0 Å². The maximum Gasteiger partial charge on any atom is 0.308 e. The lowest BCUT2D eigenvalue weighted by atomic mass is 9.33. The monoisotopic (exact) mass is 577 g/mol. The van der Waals surface area contributed by atoms with Crippen molar-refractivity contribution >= 4 is 5.97 Å². The van der Waals surface area contributed by atoms with Gasteiger partial charge in [0.25, 0.3) is 0 Å². The van der Waals surface area contributed by atoms with Crippen molar-refractivity contribution in [2.75, 3.05) is 6.61 Å². The topological polar surface area (TPSA) is 52.3 Å². The van der Waals surface area contributed by atoms with Crippen LogP contribution < -0.4 is 5.73 Å². The predicted molar refractivity (Wildman–Crippen MR) is 174 cm³/mol. The first-order chi connectivity index (χ1) is 19.8. The van der Waals surface area contributed by atoms with E-state index >= 15 is 0 Å². The van der Waals surface area contributed by atoms with Gasteiger partial charge in [-0.25, -0.2) is 0 Å². The number of fused-ring (bicyclic) bond motifs is 7. The molecule has 2 N–H and O–H groups in total. The van der Waals surface area contributed by atoms with Crippen LogP contribution in [0.15, 0.2) is 23.8 Å². The van der Waals surface area contributed by atoms with Crippen molar-refractivity contribution in [1.82, 2.24) is 0 Å². The van der Waals surface area contributed by atoms with E-state index in [1.807, 2.05) is 6.92 Å². The lowest BCUT2D eigenvalue weighted by Crippen LogP contribution is -2.64. The summed E-state index contributed by atoms with van der Waals surface area (Å²) < 4.78 is 5.43. The number of esters is 1. The van der Waals surface area contributed by atoms with Crippen LogP contribution in [0.2, 0.25) is 0 Å². The molecule has 0 aromatic carbocycles. The van der Waals surface area contributed by atoms with Gasteiger partial charge in [0.05, 0.1) is 12.5 Å². The minimum absolute atomic E-state index is 0.0468. The maximum atomic E-state index is 12.6. The van der Waals surface area contributed by atoms with E-state index in [1.165, 1.54) is 76.2 Å². The van der Waals surface area contributed by atoms with Crippen molar-refractivity contribution in [2.24, 2.45) is 74.7 Å². The Morgan fingerprint density at radius 1 is 0.976 bits per heavy atom. The van der Waals surface area contributed by atoms with E-state index in [0.717, 1.165) is 36.5 Å². The molecular weight excluding hydrogens is 514 g/mol. The Labute approximate surface area is 258 Å². The third kappa shape index (κ3) is 4.47. The van der Waals surface area contributed by atoms with Gasteiger partial charge in [0.15, 0.2) is 0 Å². The van der Waals surface area contributed by atoms with Crippen LogP contribution in [0.1, 0.15) is 132 Å². The second-order valence-corrected chi connectivity index (χ2v) is 17.6. The molecule has 5 fully saturated rings. The highest BCUT2D eigenvalue weighted by Gasteiger charge is 2.68. The summed E-state index contributed by atoms with van der Waals surface area (Å²) in [5.74, 6) is 5.21. The van der Waals surface area contributed by atoms with Crippen molar-refractivity contribution in [2.45, 2.75) is 138 Å². The first kappa shape index (κ1) is 30.9. The molecule has 0 bridgehead atoms. The number of carbonyl (C=O) groups excluding carboxylic acids is 1. The average molecular weight is 578 g/mol. The quantitative estimate of drug-likeness (QED) is 0.261. The van der Waals surface area contributed by atoms with Crippen LogP contribution >= 0.6 is 0 Å². The van der Waals surface area contributed by atoms with E-state index in [0.29, 0.717) is 46.6 Å². The number of carbonyl (C=O) groups is 1. The Morgan fingerprint density at radius 3 is 2.43 bits per heavy atom. The fourth-order valence-electron chi connectivity index (χ4n) is 13.5. The van der Waals surface area contributed by atoms with Gasteiger partial charge in [0, 0.05) is 6.04 Å². The maximum absolute atomic E-state index is 12.6. The van der Waals surface area contributed by atoms with E-state index in [1.54, 1.807) is 5.57 Å². The van der Waals surface area contributed by atoms with Crippen LogP contribution in [0.5, 0.6) is 0 Å². The summed E-state index contributed by atoms with van der Waals surface area (Å²) in [5, 5.41) is 0. The van der Waals surface area contributed by atoms with Crippen molar-refractivity contribution in [1.29, 1.82) is 0 Å². The Morgan fingerprint density at radius 2 is 1.71 bits per heavy atom. The number of ether oxygens (including phenoxy) is 1. The summed E-state index contributed by atoms with van der Waals surface area (Å²) in [7, 11) is 0. The Bertz CT molecular complexity index is 1110. The van der Waals surface area contributed by atoms with Crippen LogP contribution in [-0.4, -0.2) is 18.6 Å². The molecule has 236 valence electrons. The minimum atomic E-state index is 0.0468. The lowest BCUT2D eigenvalue weighted by molar-refractivity contribution is -0.218. The molecule has 3 nitrogen and oxygen atoms in total. The highest BCUT2D eigenvalue weighted by Crippen LogP contribution is 2.76. The van der Waals surface area contributed by atoms with Gasteiger partial charge in [-0.15, -0.1) is 0 Å². The van der Waals surface area contributed by atoms with Crippen LogP contribution in [0, 0.1) is 69.0 Å². The molecule has 0 radical (unpaired) electrons. The van der Waals surface area contributed by atoms with Gasteiger partial charge in [0.1, 0.15) is 0 Å². The number of rotatable bonds is 5. The SMILES string of the molecule is C=C(C)[C@@H]1C[C@H](N)[C@H]2CC[C@]3(C)[C@H](CC[C@@H]4[C@@]5(C)CC=C(CC6CCCC(C(=O)OCC)C6)C(C)(C)[C@@H]5CC[C@]43C)[C@H]21. The molecule has 0 heterocycles. The van der Waals surface area contributed by atoms with E-state index in [-0.39, 0.29) is 17.3 Å². The fourth-order valence-corrected chi connectivity index (χ4v) is 13.5. The van der Waals surface area contributed by atoms with Gasteiger partial charge in [-0.3, -0.25) is 4.79 Å². The van der Waals surface area contributed by atoms with Gasteiger partial charge >= 0.3 is 5.97 Å². The summed E-state index contributed by atoms with van der Waals surface area (Å²) in [5.41, 5.74) is 11.3. The van der Waals surface area contributed by atoms with Gasteiger partial charge in [-0.05, 0) is 148 Å². The second kappa shape index (κ2) is 10.8. The molecule has 42 heavy (non-hydrogen) atoms. The summed E-state index contributed by atoms with van der Waals surface area (Å²) >= 11 is 0. The first-order valence-electron chi connectivity index (χ1n) is 18.0. The van der Waals surface area contributed by atoms with E-state index in [9.17, 15) is 4.79 Å². The number of hydrogen-bond acceptors (Lipinski definition) is 3. The third-order valence-corrected chi connectivity index (χ3v) is 15.7.